The second kappa shape index (κ2) is 6.61. The summed E-state index contributed by atoms with van der Waals surface area (Å²) in [6.45, 7) is 5.41. The fourth-order valence-electron chi connectivity index (χ4n) is 2.01. The molecule has 0 aromatic rings. The van der Waals surface area contributed by atoms with Crippen LogP contribution >= 0.6 is 0 Å². The highest BCUT2D eigenvalue weighted by atomic mass is 19.1. The van der Waals surface area contributed by atoms with Crippen LogP contribution in [0.15, 0.2) is 36.3 Å². The lowest BCUT2D eigenvalue weighted by molar-refractivity contribution is -0.423. The molecule has 4 heteroatoms. The van der Waals surface area contributed by atoms with Crippen LogP contribution in [-0.2, 0) is 0 Å². The van der Waals surface area contributed by atoms with Gasteiger partial charge in [-0.3, -0.25) is 0 Å². The second-order valence-electron chi connectivity index (χ2n) is 4.51. The van der Waals surface area contributed by atoms with Gasteiger partial charge in [-0.05, 0) is 12.0 Å². The summed E-state index contributed by atoms with van der Waals surface area (Å²) in [4.78, 5) is 0. The third kappa shape index (κ3) is 3.37. The van der Waals surface area contributed by atoms with Crippen LogP contribution in [0.4, 0.5) is 4.39 Å². The molecule has 0 fully saturated rings. The molecule has 0 saturated heterocycles. The largest absolute Gasteiger partial charge is 0.394 e. The molecule has 3 nitrogen and oxygen atoms in total. The van der Waals surface area contributed by atoms with Crippen molar-refractivity contribution in [1.29, 1.82) is 0 Å². The minimum atomic E-state index is -0.789. The monoisotopic (exact) mass is 254 g/mol. The van der Waals surface area contributed by atoms with Crippen LogP contribution in [0.1, 0.15) is 19.8 Å². The van der Waals surface area contributed by atoms with Gasteiger partial charge in [0.25, 0.3) is 0 Å². The van der Waals surface area contributed by atoms with Gasteiger partial charge in [0.15, 0.2) is 11.9 Å². The maximum absolute atomic E-state index is 13.6. The molecule has 0 bridgehead atoms. The van der Waals surface area contributed by atoms with Crippen molar-refractivity contribution in [2.24, 2.45) is 5.92 Å². The predicted molar refractivity (Wildman–Crippen MR) is 70.2 cm³/mol. The summed E-state index contributed by atoms with van der Waals surface area (Å²) in [6.07, 6.45) is 5.15. The number of hydrogen-bond acceptors (Lipinski definition) is 2. The molecule has 100 valence electrons. The van der Waals surface area contributed by atoms with E-state index in [-0.39, 0.29) is 18.4 Å². The Hall–Kier alpha value is -1.26. The zero-order valence-corrected chi connectivity index (χ0v) is 10.9. The molecule has 0 amide bonds. The first kappa shape index (κ1) is 14.8. The molecule has 0 saturated carbocycles. The van der Waals surface area contributed by atoms with Crippen molar-refractivity contribution in [3.63, 3.8) is 0 Å². The summed E-state index contributed by atoms with van der Waals surface area (Å²) in [6, 6.07) is 0. The van der Waals surface area contributed by atoms with Crippen LogP contribution in [0.3, 0.4) is 0 Å². The van der Waals surface area contributed by atoms with Gasteiger partial charge in [-0.2, -0.15) is 0 Å². The van der Waals surface area contributed by atoms with Gasteiger partial charge in [-0.15, -0.1) is 0 Å². The molecule has 2 atom stereocenters. The van der Waals surface area contributed by atoms with E-state index in [1.165, 1.54) is 6.08 Å². The van der Waals surface area contributed by atoms with Crippen molar-refractivity contribution in [3.05, 3.63) is 36.3 Å². The Morgan fingerprint density at radius 1 is 1.50 bits per heavy atom. The number of hydrogen-bond donors (Lipinski definition) is 2. The standard InChI is InChI=1S/C14H21FNO2/c1-4-11(14(18)9-17)8-13-10(2)12(15)6-5-7-16(13)3/h5-7,11,14,17-18H,2,4,8-9H2,1,3H3/q+1. The minimum absolute atomic E-state index is 0.108. The van der Waals surface area contributed by atoms with Crippen molar-refractivity contribution < 1.29 is 19.2 Å². The first-order valence-corrected chi connectivity index (χ1v) is 6.12. The predicted octanol–water partition coefficient (Wildman–Crippen LogP) is 1.78. The van der Waals surface area contributed by atoms with Gasteiger partial charge in [-0.25, -0.2) is 8.97 Å². The zero-order valence-electron chi connectivity index (χ0n) is 10.9. The quantitative estimate of drug-likeness (QED) is 0.734. The summed E-state index contributed by atoms with van der Waals surface area (Å²) in [5.41, 5.74) is 1.07. The van der Waals surface area contributed by atoms with Crippen molar-refractivity contribution in [1.82, 2.24) is 0 Å². The van der Waals surface area contributed by atoms with Gasteiger partial charge < -0.3 is 10.2 Å². The van der Waals surface area contributed by atoms with Crippen LogP contribution in [0.2, 0.25) is 0 Å². The smallest absolute Gasteiger partial charge is 0.191 e. The minimum Gasteiger partial charge on any atom is -0.394 e. The van der Waals surface area contributed by atoms with Gasteiger partial charge in [0.2, 0.25) is 0 Å². The van der Waals surface area contributed by atoms with E-state index >= 15 is 0 Å². The number of allylic oxidation sites excluding steroid dienone is 4. The second-order valence-corrected chi connectivity index (χ2v) is 4.51. The van der Waals surface area contributed by atoms with E-state index in [1.54, 1.807) is 16.9 Å². The highest BCUT2D eigenvalue weighted by molar-refractivity contribution is 5.99. The summed E-state index contributed by atoms with van der Waals surface area (Å²) in [5.74, 6) is -0.470. The van der Waals surface area contributed by atoms with Crippen LogP contribution in [-0.4, -0.2) is 40.3 Å². The summed E-state index contributed by atoms with van der Waals surface area (Å²) < 4.78 is 15.5. The first-order valence-electron chi connectivity index (χ1n) is 6.12. The Labute approximate surface area is 107 Å². The van der Waals surface area contributed by atoms with E-state index in [1.807, 2.05) is 14.0 Å². The molecule has 1 aliphatic heterocycles. The van der Waals surface area contributed by atoms with Crippen LogP contribution in [0, 0.1) is 5.92 Å². The lowest BCUT2D eigenvalue weighted by Crippen LogP contribution is -2.28. The van der Waals surface area contributed by atoms with Gasteiger partial charge in [-0.1, -0.05) is 19.9 Å². The van der Waals surface area contributed by atoms with Crippen molar-refractivity contribution in [2.45, 2.75) is 25.9 Å². The van der Waals surface area contributed by atoms with Crippen LogP contribution < -0.4 is 0 Å². The summed E-state index contributed by atoms with van der Waals surface area (Å²) >= 11 is 0. The first-order chi connectivity index (χ1) is 8.51. The van der Waals surface area contributed by atoms with Crippen molar-refractivity contribution >= 4 is 5.71 Å². The average Bonchev–Trinajstić information content (AvgIpc) is 2.48. The lowest BCUT2D eigenvalue weighted by Gasteiger charge is -2.19. The Balaban J connectivity index is 2.96. The molecule has 2 N–H and O–H groups in total. The maximum Gasteiger partial charge on any atom is 0.191 e. The normalized spacial score (nSPS) is 19.6. The number of aliphatic hydroxyl groups excluding tert-OH is 2. The van der Waals surface area contributed by atoms with E-state index in [0.29, 0.717) is 18.4 Å². The topological polar surface area (TPSA) is 43.5 Å². The van der Waals surface area contributed by atoms with E-state index in [0.717, 1.165) is 5.71 Å². The van der Waals surface area contributed by atoms with E-state index in [2.05, 4.69) is 6.58 Å². The summed E-state index contributed by atoms with van der Waals surface area (Å²) in [7, 11) is 1.82. The molecule has 0 aliphatic carbocycles. The van der Waals surface area contributed by atoms with E-state index < -0.39 is 6.10 Å². The van der Waals surface area contributed by atoms with E-state index in [4.69, 9.17) is 5.11 Å². The fraction of sp³-hybridized carbons (Fsp3) is 0.500. The van der Waals surface area contributed by atoms with Gasteiger partial charge in [0, 0.05) is 12.5 Å². The molecule has 1 aliphatic rings. The fourth-order valence-corrected chi connectivity index (χ4v) is 2.01. The Kier molecular flexibility index (Phi) is 5.44. The third-order valence-corrected chi connectivity index (χ3v) is 3.33. The highest BCUT2D eigenvalue weighted by Gasteiger charge is 2.26. The van der Waals surface area contributed by atoms with E-state index in [9.17, 15) is 9.50 Å². The molecule has 1 rings (SSSR count). The molecule has 18 heavy (non-hydrogen) atoms. The molecule has 0 aromatic heterocycles. The van der Waals surface area contributed by atoms with Gasteiger partial charge in [0.05, 0.1) is 18.3 Å². The Bertz CT molecular complexity index is 410. The van der Waals surface area contributed by atoms with Gasteiger partial charge in [0.1, 0.15) is 12.9 Å². The van der Waals surface area contributed by atoms with Crippen LogP contribution in [0.5, 0.6) is 0 Å². The number of rotatable bonds is 5. The van der Waals surface area contributed by atoms with Crippen molar-refractivity contribution in [3.8, 4) is 0 Å². The molecule has 0 radical (unpaired) electrons. The number of nitrogens with zero attached hydrogens (tertiary/aromatic N) is 1. The van der Waals surface area contributed by atoms with Crippen molar-refractivity contribution in [2.75, 3.05) is 13.7 Å². The molecular formula is C14H21FNO2+. The highest BCUT2D eigenvalue weighted by Crippen LogP contribution is 2.22. The molecule has 2 unspecified atom stereocenters. The SMILES string of the molecule is C=C1C(F)=CC=C[N+](C)=C1CC(CC)C(O)CO. The zero-order chi connectivity index (χ0) is 13.7. The maximum atomic E-state index is 13.6. The number of halogens is 1. The van der Waals surface area contributed by atoms with Crippen LogP contribution in [0.25, 0.3) is 0 Å². The molecule has 0 aromatic carbocycles. The third-order valence-electron chi connectivity index (χ3n) is 3.33. The molecular weight excluding hydrogens is 233 g/mol. The average molecular weight is 254 g/mol. The summed E-state index contributed by atoms with van der Waals surface area (Å²) in [5, 5.41) is 18.7. The molecule has 1 heterocycles. The Morgan fingerprint density at radius 2 is 2.17 bits per heavy atom. The molecule has 0 spiro atoms. The lowest BCUT2D eigenvalue weighted by atomic mass is 9.90. The number of aliphatic hydroxyl groups is 2. The van der Waals surface area contributed by atoms with Gasteiger partial charge >= 0.3 is 0 Å². The Morgan fingerprint density at radius 3 is 2.72 bits per heavy atom.